The molecule has 1 aliphatic heterocycles. The second-order valence-corrected chi connectivity index (χ2v) is 7.02. The molecule has 8 heteroatoms. The molecule has 2 aromatic rings. The molecule has 0 radical (unpaired) electrons. The Labute approximate surface area is 163 Å². The molecule has 150 valence electrons. The standard InChI is InChI=1S/C20H26N4O4/c1-4-24-18(26)16-11-14-7-5-6-8-15(14)23(16)13-20(24,2)19(27)22-12-17(25)21-9-10-28-3/h5-8,11H,4,9-10,12-13H2,1-3H3,(H,21,25)(H,22,27)/t20-/m1/s1. The van der Waals surface area contributed by atoms with Gasteiger partial charge in [0.2, 0.25) is 11.8 Å². The number of benzene rings is 1. The molecule has 0 saturated carbocycles. The molecule has 1 aromatic heterocycles. The molecule has 2 heterocycles. The SMILES string of the molecule is CCN1C(=O)c2cc3ccccc3n2C[C@]1(C)C(=O)NCC(=O)NCCOC. The Morgan fingerprint density at radius 3 is 2.71 bits per heavy atom. The monoisotopic (exact) mass is 386 g/mol. The second-order valence-electron chi connectivity index (χ2n) is 7.02. The van der Waals surface area contributed by atoms with Gasteiger partial charge in [0.1, 0.15) is 11.2 Å². The van der Waals surface area contributed by atoms with E-state index in [0.29, 0.717) is 31.9 Å². The maximum Gasteiger partial charge on any atom is 0.271 e. The minimum atomic E-state index is -1.09. The Bertz CT molecular complexity index is 907. The molecule has 1 atom stereocenters. The van der Waals surface area contributed by atoms with Gasteiger partial charge < -0.3 is 24.8 Å². The molecule has 3 amide bonds. The lowest BCUT2D eigenvalue weighted by molar-refractivity contribution is -0.134. The fourth-order valence-electron chi connectivity index (χ4n) is 3.71. The van der Waals surface area contributed by atoms with Crippen molar-refractivity contribution >= 4 is 28.6 Å². The Balaban J connectivity index is 1.82. The zero-order valence-electron chi connectivity index (χ0n) is 16.4. The maximum atomic E-state index is 13.1. The fourth-order valence-corrected chi connectivity index (χ4v) is 3.71. The van der Waals surface area contributed by atoms with Crippen molar-refractivity contribution in [3.05, 3.63) is 36.0 Å². The van der Waals surface area contributed by atoms with Gasteiger partial charge in [-0.3, -0.25) is 14.4 Å². The maximum absolute atomic E-state index is 13.1. The molecule has 0 spiro atoms. The zero-order chi connectivity index (χ0) is 20.3. The van der Waals surface area contributed by atoms with Crippen molar-refractivity contribution in [2.45, 2.75) is 25.9 Å². The number of carbonyl (C=O) groups excluding carboxylic acids is 3. The van der Waals surface area contributed by atoms with Gasteiger partial charge in [0, 0.05) is 31.1 Å². The third kappa shape index (κ3) is 3.47. The van der Waals surface area contributed by atoms with Crippen LogP contribution in [0.15, 0.2) is 30.3 Å². The molecule has 8 nitrogen and oxygen atoms in total. The van der Waals surface area contributed by atoms with Gasteiger partial charge in [0.05, 0.1) is 19.7 Å². The van der Waals surface area contributed by atoms with Gasteiger partial charge in [0.15, 0.2) is 0 Å². The molecule has 28 heavy (non-hydrogen) atoms. The van der Waals surface area contributed by atoms with Crippen LogP contribution in [0.3, 0.4) is 0 Å². The van der Waals surface area contributed by atoms with Crippen LogP contribution in [0.1, 0.15) is 24.3 Å². The highest BCUT2D eigenvalue weighted by molar-refractivity contribution is 6.04. The van der Waals surface area contributed by atoms with Gasteiger partial charge in [-0.2, -0.15) is 0 Å². The van der Waals surface area contributed by atoms with Crippen molar-refractivity contribution in [1.82, 2.24) is 20.1 Å². The molecule has 0 unspecified atom stereocenters. The number of hydrogen-bond donors (Lipinski definition) is 2. The molecule has 0 bridgehead atoms. The average molecular weight is 386 g/mol. The molecule has 0 fully saturated rings. The van der Waals surface area contributed by atoms with Crippen LogP contribution in [0.5, 0.6) is 0 Å². The van der Waals surface area contributed by atoms with Crippen molar-refractivity contribution in [3.8, 4) is 0 Å². The molecule has 1 aliphatic rings. The van der Waals surface area contributed by atoms with E-state index in [9.17, 15) is 14.4 Å². The molecule has 1 aromatic carbocycles. The molecule has 3 rings (SSSR count). The highest BCUT2D eigenvalue weighted by Gasteiger charge is 2.46. The normalized spacial score (nSPS) is 18.8. The van der Waals surface area contributed by atoms with E-state index in [0.717, 1.165) is 10.9 Å². The van der Waals surface area contributed by atoms with Crippen LogP contribution in [0.2, 0.25) is 0 Å². The summed E-state index contributed by atoms with van der Waals surface area (Å²) in [4.78, 5) is 39.6. The first kappa shape index (κ1) is 19.9. The number of para-hydroxylation sites is 1. The largest absolute Gasteiger partial charge is 0.383 e. The summed E-state index contributed by atoms with van der Waals surface area (Å²) in [6, 6.07) is 9.58. The number of likely N-dealkylation sites (N-methyl/N-ethyl adjacent to an activating group) is 1. The van der Waals surface area contributed by atoms with Crippen molar-refractivity contribution in [3.63, 3.8) is 0 Å². The van der Waals surface area contributed by atoms with E-state index in [1.165, 1.54) is 0 Å². The molecule has 0 saturated heterocycles. The van der Waals surface area contributed by atoms with Gasteiger partial charge in [-0.05, 0) is 26.0 Å². The number of hydrogen-bond acceptors (Lipinski definition) is 4. The van der Waals surface area contributed by atoms with E-state index in [4.69, 9.17) is 4.74 Å². The minimum Gasteiger partial charge on any atom is -0.383 e. The summed E-state index contributed by atoms with van der Waals surface area (Å²) in [5.41, 5.74) is 0.400. The second kappa shape index (κ2) is 8.02. The summed E-state index contributed by atoms with van der Waals surface area (Å²) in [7, 11) is 1.55. The fraction of sp³-hybridized carbons (Fsp3) is 0.450. The van der Waals surface area contributed by atoms with Crippen LogP contribution in [-0.4, -0.2) is 66.1 Å². The number of amides is 3. The highest BCUT2D eigenvalue weighted by Crippen LogP contribution is 2.31. The third-order valence-corrected chi connectivity index (χ3v) is 5.18. The van der Waals surface area contributed by atoms with Crippen LogP contribution in [0.25, 0.3) is 10.9 Å². The third-order valence-electron chi connectivity index (χ3n) is 5.18. The molecule has 2 N–H and O–H groups in total. The number of aromatic nitrogens is 1. The van der Waals surface area contributed by atoms with Crippen LogP contribution >= 0.6 is 0 Å². The van der Waals surface area contributed by atoms with Gasteiger partial charge >= 0.3 is 0 Å². The number of ether oxygens (including phenoxy) is 1. The van der Waals surface area contributed by atoms with Crippen molar-refractivity contribution in [2.24, 2.45) is 0 Å². The van der Waals surface area contributed by atoms with E-state index in [1.807, 2.05) is 41.8 Å². The number of rotatable bonds is 7. The number of nitrogens with zero attached hydrogens (tertiary/aromatic N) is 2. The minimum absolute atomic E-state index is 0.150. The topological polar surface area (TPSA) is 92.7 Å². The van der Waals surface area contributed by atoms with Gasteiger partial charge in [-0.1, -0.05) is 18.2 Å². The summed E-state index contributed by atoms with van der Waals surface area (Å²) < 4.78 is 6.77. The van der Waals surface area contributed by atoms with E-state index in [1.54, 1.807) is 18.9 Å². The predicted octanol–water partition coefficient (Wildman–Crippen LogP) is 0.755. The van der Waals surface area contributed by atoms with Gasteiger partial charge in [-0.15, -0.1) is 0 Å². The Hall–Kier alpha value is -2.87. The Kier molecular flexibility index (Phi) is 5.69. The van der Waals surface area contributed by atoms with E-state index >= 15 is 0 Å². The number of methoxy groups -OCH3 is 1. The molecular weight excluding hydrogens is 360 g/mol. The molecular formula is C20H26N4O4. The number of fused-ring (bicyclic) bond motifs is 3. The lowest BCUT2D eigenvalue weighted by atomic mass is 9.95. The average Bonchev–Trinajstić information content (AvgIpc) is 3.05. The van der Waals surface area contributed by atoms with Crippen molar-refractivity contribution < 1.29 is 19.1 Å². The van der Waals surface area contributed by atoms with E-state index in [-0.39, 0.29) is 24.3 Å². The lowest BCUT2D eigenvalue weighted by Crippen LogP contribution is -2.64. The smallest absolute Gasteiger partial charge is 0.271 e. The van der Waals surface area contributed by atoms with E-state index < -0.39 is 5.54 Å². The first-order valence-electron chi connectivity index (χ1n) is 9.36. The lowest BCUT2D eigenvalue weighted by Gasteiger charge is -2.43. The van der Waals surface area contributed by atoms with Crippen molar-refractivity contribution in [2.75, 3.05) is 33.4 Å². The van der Waals surface area contributed by atoms with E-state index in [2.05, 4.69) is 10.6 Å². The summed E-state index contributed by atoms with van der Waals surface area (Å²) >= 11 is 0. The number of nitrogens with one attached hydrogen (secondary N) is 2. The van der Waals surface area contributed by atoms with Crippen LogP contribution in [0, 0.1) is 0 Å². The van der Waals surface area contributed by atoms with Gasteiger partial charge in [0.25, 0.3) is 5.91 Å². The Morgan fingerprint density at radius 1 is 1.25 bits per heavy atom. The Morgan fingerprint density at radius 2 is 2.00 bits per heavy atom. The van der Waals surface area contributed by atoms with Crippen LogP contribution < -0.4 is 10.6 Å². The quantitative estimate of drug-likeness (QED) is 0.687. The summed E-state index contributed by atoms with van der Waals surface area (Å²) in [6.45, 7) is 4.93. The summed E-state index contributed by atoms with van der Waals surface area (Å²) in [6.07, 6.45) is 0. The summed E-state index contributed by atoms with van der Waals surface area (Å²) in [5.74, 6) is -0.841. The summed E-state index contributed by atoms with van der Waals surface area (Å²) in [5, 5.41) is 6.30. The van der Waals surface area contributed by atoms with Crippen LogP contribution in [0.4, 0.5) is 0 Å². The first-order chi connectivity index (χ1) is 13.4. The van der Waals surface area contributed by atoms with Crippen LogP contribution in [-0.2, 0) is 20.9 Å². The predicted molar refractivity (Wildman–Crippen MR) is 105 cm³/mol. The highest BCUT2D eigenvalue weighted by atomic mass is 16.5. The van der Waals surface area contributed by atoms with Gasteiger partial charge in [-0.25, -0.2) is 0 Å². The van der Waals surface area contributed by atoms with Crippen molar-refractivity contribution in [1.29, 1.82) is 0 Å². The first-order valence-corrected chi connectivity index (χ1v) is 9.36. The molecule has 0 aliphatic carbocycles. The number of carbonyl (C=O) groups is 3. The zero-order valence-corrected chi connectivity index (χ0v) is 16.4.